The van der Waals surface area contributed by atoms with E-state index in [2.05, 4.69) is 6.08 Å². The second-order valence-corrected chi connectivity index (χ2v) is 6.87. The number of rotatable bonds is 1. The molecule has 0 unspecified atom stereocenters. The highest BCUT2D eigenvalue weighted by molar-refractivity contribution is 6.00. The number of hydrogen-bond acceptors (Lipinski definition) is 4. The first-order chi connectivity index (χ1) is 10.6. The van der Waals surface area contributed by atoms with Crippen LogP contribution < -0.4 is 0 Å². The third-order valence-corrected chi connectivity index (χ3v) is 5.82. The van der Waals surface area contributed by atoms with Gasteiger partial charge in [0.05, 0.1) is 17.9 Å². The lowest BCUT2D eigenvalue weighted by Crippen LogP contribution is -2.48. The van der Waals surface area contributed by atoms with Crippen molar-refractivity contribution in [1.29, 1.82) is 0 Å². The summed E-state index contributed by atoms with van der Waals surface area (Å²) in [5.74, 6) is 0.158. The van der Waals surface area contributed by atoms with Crippen LogP contribution in [0.25, 0.3) is 0 Å². The van der Waals surface area contributed by atoms with Gasteiger partial charge in [0.15, 0.2) is 5.78 Å². The Morgan fingerprint density at radius 3 is 2.95 bits per heavy atom. The highest BCUT2D eigenvalue weighted by atomic mass is 16.6. The predicted octanol–water partition coefficient (Wildman–Crippen LogP) is 3.59. The first-order valence-electron chi connectivity index (χ1n) is 8.09. The summed E-state index contributed by atoms with van der Waals surface area (Å²) in [6.07, 6.45) is 9.07. The van der Waals surface area contributed by atoms with Gasteiger partial charge in [-0.1, -0.05) is 13.0 Å². The van der Waals surface area contributed by atoms with E-state index >= 15 is 0 Å². The Morgan fingerprint density at radius 2 is 2.18 bits per heavy atom. The molecule has 4 rings (SSSR count). The van der Waals surface area contributed by atoms with Gasteiger partial charge in [0.25, 0.3) is 0 Å². The summed E-state index contributed by atoms with van der Waals surface area (Å²) >= 11 is 0. The molecule has 0 N–H and O–H groups in total. The van der Waals surface area contributed by atoms with Crippen molar-refractivity contribution in [2.75, 3.05) is 0 Å². The fourth-order valence-electron chi connectivity index (χ4n) is 4.64. The summed E-state index contributed by atoms with van der Waals surface area (Å²) < 4.78 is 10.8. The third kappa shape index (κ3) is 1.76. The number of ether oxygens (including phenoxy) is 1. The Hall–Kier alpha value is -1.84. The number of fused-ring (bicyclic) bond motifs is 2. The maximum absolute atomic E-state index is 12.8. The van der Waals surface area contributed by atoms with Crippen molar-refractivity contribution >= 4 is 11.8 Å². The molecule has 0 amide bonds. The van der Waals surface area contributed by atoms with E-state index in [1.165, 1.54) is 0 Å². The lowest BCUT2D eigenvalue weighted by Gasteiger charge is -2.45. The van der Waals surface area contributed by atoms with Crippen molar-refractivity contribution in [1.82, 2.24) is 0 Å². The van der Waals surface area contributed by atoms with Crippen molar-refractivity contribution in [3.63, 3.8) is 0 Å². The molecule has 1 aromatic rings. The number of carbonyl (C=O) groups excluding carboxylic acids is 2. The lowest BCUT2D eigenvalue weighted by molar-refractivity contribution is -0.155. The third-order valence-electron chi connectivity index (χ3n) is 5.82. The summed E-state index contributed by atoms with van der Waals surface area (Å²) in [5, 5.41) is 0. The van der Waals surface area contributed by atoms with Gasteiger partial charge in [-0.05, 0) is 36.8 Å². The van der Waals surface area contributed by atoms with E-state index in [4.69, 9.17) is 9.15 Å². The van der Waals surface area contributed by atoms with E-state index in [-0.39, 0.29) is 29.7 Å². The Morgan fingerprint density at radius 1 is 1.32 bits per heavy atom. The topological polar surface area (TPSA) is 56.5 Å². The molecule has 0 bridgehead atoms. The molecule has 4 heteroatoms. The van der Waals surface area contributed by atoms with Crippen LogP contribution in [0, 0.1) is 17.3 Å². The second-order valence-electron chi connectivity index (χ2n) is 6.87. The minimum atomic E-state index is -0.540. The van der Waals surface area contributed by atoms with Crippen LogP contribution in [-0.2, 0) is 14.3 Å². The zero-order valence-corrected chi connectivity index (χ0v) is 12.7. The minimum absolute atomic E-state index is 0.0295. The average molecular weight is 300 g/mol. The van der Waals surface area contributed by atoms with Gasteiger partial charge in [-0.15, -0.1) is 0 Å². The molecular formula is C18H20O4. The van der Waals surface area contributed by atoms with E-state index in [9.17, 15) is 9.59 Å². The van der Waals surface area contributed by atoms with E-state index in [0.29, 0.717) is 12.8 Å². The molecule has 1 saturated heterocycles. The van der Waals surface area contributed by atoms with Gasteiger partial charge in [-0.3, -0.25) is 9.59 Å². The van der Waals surface area contributed by atoms with Gasteiger partial charge in [0.1, 0.15) is 6.10 Å². The Bertz CT molecular complexity index is 642. The summed E-state index contributed by atoms with van der Waals surface area (Å²) in [6.45, 7) is 2.03. The normalized spacial score (nSPS) is 37.9. The first-order valence-corrected chi connectivity index (χ1v) is 8.09. The van der Waals surface area contributed by atoms with Crippen molar-refractivity contribution in [2.24, 2.45) is 17.3 Å². The molecule has 4 atom stereocenters. The molecule has 1 aliphatic heterocycles. The first kappa shape index (κ1) is 13.8. The number of ketones is 1. The molecule has 4 nitrogen and oxygen atoms in total. The van der Waals surface area contributed by atoms with E-state index in [1.807, 2.05) is 13.0 Å². The molecule has 3 aliphatic rings. The molecule has 2 heterocycles. The average Bonchev–Trinajstić information content (AvgIpc) is 3.14. The summed E-state index contributed by atoms with van der Waals surface area (Å²) in [4.78, 5) is 25.2. The minimum Gasteiger partial charge on any atom is -0.472 e. The van der Waals surface area contributed by atoms with Gasteiger partial charge < -0.3 is 9.15 Å². The number of cyclic esters (lactones) is 1. The molecular weight excluding hydrogens is 280 g/mol. The monoisotopic (exact) mass is 300 g/mol. The predicted molar refractivity (Wildman–Crippen MR) is 78.8 cm³/mol. The van der Waals surface area contributed by atoms with Gasteiger partial charge in [0, 0.05) is 24.3 Å². The zero-order chi connectivity index (χ0) is 15.3. The highest BCUT2D eigenvalue weighted by Crippen LogP contribution is 2.59. The van der Waals surface area contributed by atoms with E-state index < -0.39 is 5.41 Å². The molecule has 1 aromatic heterocycles. The molecule has 22 heavy (non-hydrogen) atoms. The fourth-order valence-corrected chi connectivity index (χ4v) is 4.64. The molecule has 0 radical (unpaired) electrons. The lowest BCUT2D eigenvalue weighted by atomic mass is 9.55. The molecule has 1 spiro atoms. The molecule has 2 fully saturated rings. The van der Waals surface area contributed by atoms with Gasteiger partial charge in [0.2, 0.25) is 0 Å². The smallest absolute Gasteiger partial charge is 0.313 e. The van der Waals surface area contributed by atoms with Gasteiger partial charge in [-0.2, -0.15) is 0 Å². The van der Waals surface area contributed by atoms with Crippen LogP contribution in [0.5, 0.6) is 0 Å². The second kappa shape index (κ2) is 4.83. The van der Waals surface area contributed by atoms with E-state index in [0.717, 1.165) is 30.4 Å². The van der Waals surface area contributed by atoms with Crippen LogP contribution >= 0.6 is 0 Å². The maximum atomic E-state index is 12.8. The molecule has 1 saturated carbocycles. The fraction of sp³-hybridized carbons (Fsp3) is 0.556. The Labute approximate surface area is 129 Å². The summed E-state index contributed by atoms with van der Waals surface area (Å²) in [5.41, 5.74) is 1.26. The maximum Gasteiger partial charge on any atom is 0.313 e. The summed E-state index contributed by atoms with van der Waals surface area (Å²) in [6, 6.07) is 1.85. The number of Topliss-reactive ketones (excluding diaryl/α,β-unsaturated/α-hetero) is 1. The zero-order valence-electron chi connectivity index (χ0n) is 12.7. The van der Waals surface area contributed by atoms with Crippen LogP contribution in [0.1, 0.15) is 50.7 Å². The van der Waals surface area contributed by atoms with Crippen molar-refractivity contribution in [3.05, 3.63) is 35.8 Å². The number of carbonyl (C=O) groups is 2. The van der Waals surface area contributed by atoms with Crippen LogP contribution in [-0.4, -0.2) is 11.8 Å². The van der Waals surface area contributed by atoms with Crippen LogP contribution in [0.3, 0.4) is 0 Å². The van der Waals surface area contributed by atoms with Gasteiger partial charge >= 0.3 is 5.97 Å². The standard InChI is InChI=1S/C18H20O4/c1-11-8-15(19)13-4-2-3-5-14(13)18(11)9-16(22-17(18)20)12-6-7-21-10-12/h4,6-7,10-11,14,16H,2-3,5,8-9H2,1H3/t11-,14+,16+,18-/m1/s1. The van der Waals surface area contributed by atoms with E-state index in [1.54, 1.807) is 12.5 Å². The number of esters is 1. The highest BCUT2D eigenvalue weighted by Gasteiger charge is 2.61. The summed E-state index contributed by atoms with van der Waals surface area (Å²) in [7, 11) is 0. The number of hydrogen-bond donors (Lipinski definition) is 0. The van der Waals surface area contributed by atoms with Crippen molar-refractivity contribution in [2.45, 2.75) is 45.1 Å². The van der Waals surface area contributed by atoms with Crippen LogP contribution in [0.4, 0.5) is 0 Å². The van der Waals surface area contributed by atoms with Gasteiger partial charge in [-0.25, -0.2) is 0 Å². The largest absolute Gasteiger partial charge is 0.472 e. The number of furan rings is 1. The van der Waals surface area contributed by atoms with Crippen LogP contribution in [0.15, 0.2) is 34.7 Å². The van der Waals surface area contributed by atoms with Crippen molar-refractivity contribution in [3.8, 4) is 0 Å². The molecule has 116 valence electrons. The number of allylic oxidation sites excluding steroid dienone is 2. The van der Waals surface area contributed by atoms with Crippen molar-refractivity contribution < 1.29 is 18.7 Å². The Kier molecular flexibility index (Phi) is 3.03. The molecule has 0 aromatic carbocycles. The Balaban J connectivity index is 1.75. The van der Waals surface area contributed by atoms with Crippen LogP contribution in [0.2, 0.25) is 0 Å². The quantitative estimate of drug-likeness (QED) is 0.744. The SMILES string of the molecule is C[C@@H]1CC(=O)C2=CCCC[C@@H]2[C@@]12C[C@@H](c1ccoc1)OC2=O. The molecule has 2 aliphatic carbocycles.